The summed E-state index contributed by atoms with van der Waals surface area (Å²) in [6.07, 6.45) is 2.74. The summed E-state index contributed by atoms with van der Waals surface area (Å²) in [5, 5.41) is 3.10. The van der Waals surface area contributed by atoms with Crippen LogP contribution in [-0.4, -0.2) is 42.2 Å². The number of sulfonamides is 1. The lowest BCUT2D eigenvalue weighted by Crippen LogP contribution is -2.28. The molecule has 0 spiro atoms. The molecule has 0 fully saturated rings. The van der Waals surface area contributed by atoms with Gasteiger partial charge in [0.2, 0.25) is 10.0 Å². The van der Waals surface area contributed by atoms with Crippen LogP contribution in [0.4, 0.5) is 0 Å². The molecule has 9 heteroatoms. The first-order valence-corrected chi connectivity index (χ1v) is 8.97. The van der Waals surface area contributed by atoms with Crippen LogP contribution < -0.4 is 5.32 Å². The molecule has 0 aliphatic rings. The molecule has 128 valence electrons. The highest BCUT2D eigenvalue weighted by Gasteiger charge is 2.21. The zero-order valence-corrected chi connectivity index (χ0v) is 14.8. The molecule has 0 saturated heterocycles. The maximum Gasteiger partial charge on any atom is 0.254 e. The molecule has 0 radical (unpaired) electrons. The van der Waals surface area contributed by atoms with E-state index in [1.54, 1.807) is 0 Å². The van der Waals surface area contributed by atoms with Crippen LogP contribution in [0.3, 0.4) is 0 Å². The number of rotatable bonds is 6. The lowest BCUT2D eigenvalue weighted by Gasteiger charge is -2.16. The minimum atomic E-state index is -3.67. The first-order chi connectivity index (χ1) is 11.3. The fourth-order valence-electron chi connectivity index (χ4n) is 1.89. The Kier molecular flexibility index (Phi) is 5.87. The van der Waals surface area contributed by atoms with Gasteiger partial charge in [0.05, 0.1) is 17.0 Å². The lowest BCUT2D eigenvalue weighted by molar-refractivity contribution is 0.0955. The van der Waals surface area contributed by atoms with Gasteiger partial charge >= 0.3 is 0 Å². The number of halogens is 1. The van der Waals surface area contributed by atoms with Crippen LogP contribution in [0.5, 0.6) is 0 Å². The molecule has 0 atom stereocenters. The van der Waals surface area contributed by atoms with Crippen molar-refractivity contribution in [1.29, 1.82) is 0 Å². The smallest absolute Gasteiger partial charge is 0.254 e. The summed E-state index contributed by atoms with van der Waals surface area (Å²) >= 11 is 5.77. The van der Waals surface area contributed by atoms with Crippen molar-refractivity contribution in [2.75, 3.05) is 13.6 Å². The van der Waals surface area contributed by atoms with Crippen molar-refractivity contribution in [3.8, 4) is 0 Å². The molecule has 0 unspecified atom stereocenters. The normalized spacial score (nSPS) is 11.5. The van der Waals surface area contributed by atoms with Gasteiger partial charge in [0, 0.05) is 31.0 Å². The highest BCUT2D eigenvalue weighted by Crippen LogP contribution is 2.18. The van der Waals surface area contributed by atoms with E-state index in [2.05, 4.69) is 15.3 Å². The number of benzene rings is 1. The Balaban J connectivity index is 2.12. The van der Waals surface area contributed by atoms with E-state index in [9.17, 15) is 13.2 Å². The third-order valence-corrected chi connectivity index (χ3v) is 5.26. The molecular weight excluding hydrogens is 352 g/mol. The summed E-state index contributed by atoms with van der Waals surface area (Å²) in [4.78, 5) is 19.9. The Hall–Kier alpha value is -2.03. The quantitative estimate of drug-likeness (QED) is 0.837. The predicted octanol–water partition coefficient (Wildman–Crippen LogP) is 1.70. The summed E-state index contributed by atoms with van der Waals surface area (Å²) in [5.74, 6) is 0.0225. The second-order valence-electron chi connectivity index (χ2n) is 4.96. The molecule has 1 heterocycles. The number of amides is 1. The van der Waals surface area contributed by atoms with Crippen molar-refractivity contribution in [3.05, 3.63) is 53.1 Å². The molecule has 1 amide bonds. The predicted molar refractivity (Wildman–Crippen MR) is 90.1 cm³/mol. The van der Waals surface area contributed by atoms with Crippen LogP contribution >= 0.6 is 11.6 Å². The van der Waals surface area contributed by atoms with Crippen LogP contribution in [-0.2, 0) is 16.6 Å². The van der Waals surface area contributed by atoms with E-state index < -0.39 is 10.0 Å². The molecule has 1 aromatic carbocycles. The van der Waals surface area contributed by atoms with Gasteiger partial charge in [0.1, 0.15) is 5.82 Å². The molecule has 2 aromatic rings. The van der Waals surface area contributed by atoms with E-state index in [1.807, 2.05) is 6.92 Å². The largest absolute Gasteiger partial charge is 0.352 e. The number of carbonyl (C=O) groups is 1. The Morgan fingerprint density at radius 2 is 1.79 bits per heavy atom. The average Bonchev–Trinajstić information content (AvgIpc) is 2.56. The highest BCUT2D eigenvalue weighted by molar-refractivity contribution is 7.89. The van der Waals surface area contributed by atoms with Crippen LogP contribution in [0.2, 0.25) is 5.02 Å². The van der Waals surface area contributed by atoms with Crippen molar-refractivity contribution in [2.24, 2.45) is 0 Å². The van der Waals surface area contributed by atoms with Gasteiger partial charge in [-0.15, -0.1) is 0 Å². The van der Waals surface area contributed by atoms with Gasteiger partial charge in [-0.05, 0) is 31.2 Å². The van der Waals surface area contributed by atoms with Crippen LogP contribution in [0, 0.1) is 0 Å². The first kappa shape index (κ1) is 18.3. The second kappa shape index (κ2) is 7.69. The number of carbonyl (C=O) groups excluding carboxylic acids is 1. The van der Waals surface area contributed by atoms with E-state index in [0.717, 1.165) is 4.31 Å². The van der Waals surface area contributed by atoms with Crippen LogP contribution in [0.25, 0.3) is 0 Å². The number of hydrogen-bond donors (Lipinski definition) is 1. The summed E-state index contributed by atoms with van der Waals surface area (Å²) in [5.41, 5.74) is 0.323. The Morgan fingerprint density at radius 1 is 1.21 bits per heavy atom. The third kappa shape index (κ3) is 4.28. The zero-order valence-electron chi connectivity index (χ0n) is 13.2. The number of hydrogen-bond acceptors (Lipinski definition) is 5. The van der Waals surface area contributed by atoms with Crippen LogP contribution in [0.1, 0.15) is 23.1 Å². The maximum absolute atomic E-state index is 12.5. The van der Waals surface area contributed by atoms with Crippen LogP contribution in [0.15, 0.2) is 41.6 Å². The fourth-order valence-corrected chi connectivity index (χ4v) is 3.14. The molecule has 0 saturated carbocycles. The maximum atomic E-state index is 12.5. The van der Waals surface area contributed by atoms with E-state index in [1.165, 1.54) is 43.7 Å². The third-order valence-electron chi connectivity index (χ3n) is 3.19. The molecular formula is C15H17ClN4O3S. The minimum Gasteiger partial charge on any atom is -0.352 e. The molecule has 0 bridgehead atoms. The van der Waals surface area contributed by atoms with Crippen molar-refractivity contribution >= 4 is 27.5 Å². The Bertz CT molecular complexity index is 808. The fraction of sp³-hybridized carbons (Fsp3) is 0.267. The van der Waals surface area contributed by atoms with Crippen molar-refractivity contribution in [3.63, 3.8) is 0 Å². The van der Waals surface area contributed by atoms with Gasteiger partial charge in [-0.3, -0.25) is 4.79 Å². The highest BCUT2D eigenvalue weighted by atomic mass is 35.5. The summed E-state index contributed by atoms with van der Waals surface area (Å²) in [6, 6.07) is 5.90. The van der Waals surface area contributed by atoms with Crippen molar-refractivity contribution in [2.45, 2.75) is 18.4 Å². The van der Waals surface area contributed by atoms with Gasteiger partial charge in [-0.25, -0.2) is 18.4 Å². The number of aromatic nitrogens is 2. The van der Waals surface area contributed by atoms with E-state index in [4.69, 9.17) is 11.6 Å². The second-order valence-corrected chi connectivity index (χ2v) is 7.44. The standard InChI is InChI=1S/C15H17ClN4O3S/c1-3-17-15(21)11-8-18-14(19-9-11)10-20(2)24(22,23)13-6-4-12(16)5-7-13/h4-9H,3,10H2,1-2H3,(H,17,21). The monoisotopic (exact) mass is 368 g/mol. The molecule has 24 heavy (non-hydrogen) atoms. The van der Waals surface area contributed by atoms with Gasteiger partial charge in [0.15, 0.2) is 0 Å². The molecule has 0 aliphatic heterocycles. The van der Waals surface area contributed by atoms with Gasteiger partial charge in [-0.1, -0.05) is 11.6 Å². The Morgan fingerprint density at radius 3 is 2.33 bits per heavy atom. The van der Waals surface area contributed by atoms with E-state index >= 15 is 0 Å². The van der Waals surface area contributed by atoms with E-state index in [0.29, 0.717) is 23.0 Å². The molecule has 0 aliphatic carbocycles. The topological polar surface area (TPSA) is 92.3 Å². The van der Waals surface area contributed by atoms with Gasteiger partial charge in [-0.2, -0.15) is 4.31 Å². The van der Waals surface area contributed by atoms with Gasteiger partial charge in [0.25, 0.3) is 5.91 Å². The average molecular weight is 369 g/mol. The van der Waals surface area contributed by atoms with Gasteiger partial charge < -0.3 is 5.32 Å². The van der Waals surface area contributed by atoms with Crippen molar-refractivity contribution < 1.29 is 13.2 Å². The summed E-state index contributed by atoms with van der Waals surface area (Å²) in [7, 11) is -2.24. The van der Waals surface area contributed by atoms with Crippen molar-refractivity contribution in [1.82, 2.24) is 19.6 Å². The number of nitrogens with one attached hydrogen (secondary N) is 1. The molecule has 1 aromatic heterocycles. The summed E-state index contributed by atoms with van der Waals surface area (Å²) < 4.78 is 26.1. The summed E-state index contributed by atoms with van der Waals surface area (Å²) in [6.45, 7) is 2.30. The molecule has 1 N–H and O–H groups in total. The molecule has 7 nitrogen and oxygen atoms in total. The lowest BCUT2D eigenvalue weighted by atomic mass is 10.3. The first-order valence-electron chi connectivity index (χ1n) is 7.15. The SMILES string of the molecule is CCNC(=O)c1cnc(CN(C)S(=O)(=O)c2ccc(Cl)cc2)nc1. The number of nitrogens with zero attached hydrogens (tertiary/aromatic N) is 3. The Labute approximate surface area is 145 Å². The molecule has 2 rings (SSSR count). The minimum absolute atomic E-state index is 0.0133. The van der Waals surface area contributed by atoms with E-state index in [-0.39, 0.29) is 17.3 Å². The zero-order chi connectivity index (χ0) is 17.7.